The molecular formula is C20H32N2O3S2. The van der Waals surface area contributed by atoms with E-state index in [2.05, 4.69) is 25.2 Å². The van der Waals surface area contributed by atoms with Gasteiger partial charge in [-0.2, -0.15) is 0 Å². The van der Waals surface area contributed by atoms with Crippen molar-refractivity contribution in [3.05, 3.63) is 23.8 Å². The summed E-state index contributed by atoms with van der Waals surface area (Å²) >= 11 is 1.83. The number of thioether (sulfide) groups is 1. The van der Waals surface area contributed by atoms with Crippen LogP contribution in [0.1, 0.15) is 52.0 Å². The second kappa shape index (κ2) is 9.94. The Kier molecular flexibility index (Phi) is 8.19. The van der Waals surface area contributed by atoms with Gasteiger partial charge in [0.15, 0.2) is 0 Å². The predicted molar refractivity (Wildman–Crippen MR) is 114 cm³/mol. The minimum Gasteiger partial charge on any atom is -0.326 e. The minimum absolute atomic E-state index is 0.0863. The molecule has 2 atom stereocenters. The van der Waals surface area contributed by atoms with Crippen molar-refractivity contribution in [1.29, 1.82) is 0 Å². The summed E-state index contributed by atoms with van der Waals surface area (Å²) in [6.07, 6.45) is 3.16. The summed E-state index contributed by atoms with van der Waals surface area (Å²) in [7, 11) is -3.25. The van der Waals surface area contributed by atoms with Gasteiger partial charge in [0.2, 0.25) is 15.9 Å². The van der Waals surface area contributed by atoms with Gasteiger partial charge in [-0.3, -0.25) is 4.79 Å². The van der Waals surface area contributed by atoms with Crippen molar-refractivity contribution in [1.82, 2.24) is 4.31 Å². The van der Waals surface area contributed by atoms with Gasteiger partial charge in [0.1, 0.15) is 0 Å². The molecule has 1 aliphatic heterocycles. The van der Waals surface area contributed by atoms with Crippen molar-refractivity contribution in [2.45, 2.75) is 63.5 Å². The number of benzene rings is 1. The predicted octanol–water partition coefficient (Wildman–Crippen LogP) is 4.28. The van der Waals surface area contributed by atoms with Crippen LogP contribution in [-0.2, 0) is 14.8 Å². The number of piperidine rings is 1. The van der Waals surface area contributed by atoms with Gasteiger partial charge < -0.3 is 5.32 Å². The Morgan fingerprint density at radius 1 is 1.37 bits per heavy atom. The van der Waals surface area contributed by atoms with Gasteiger partial charge in [-0.05, 0) is 56.4 Å². The third-order valence-corrected chi connectivity index (χ3v) is 8.28. The van der Waals surface area contributed by atoms with E-state index in [4.69, 9.17) is 0 Å². The average molecular weight is 413 g/mol. The first-order chi connectivity index (χ1) is 12.8. The standard InChI is InChI=1S/C20H32N2O3S2/c1-5-12-27(24,25)22-11-7-8-17(14-22)20(23)21-19-10-9-18(13-15(19)3)26-16(4)6-2/h9-10,13,16-17H,5-8,11-12,14H2,1-4H3,(H,21,23). The molecule has 2 unspecified atom stereocenters. The summed E-state index contributed by atoms with van der Waals surface area (Å²) < 4.78 is 26.1. The lowest BCUT2D eigenvalue weighted by Crippen LogP contribution is -2.44. The molecule has 2 rings (SSSR count). The van der Waals surface area contributed by atoms with Crippen molar-refractivity contribution < 1.29 is 13.2 Å². The summed E-state index contributed by atoms with van der Waals surface area (Å²) in [6, 6.07) is 6.09. The number of carbonyl (C=O) groups excluding carboxylic acids is 1. The number of hydrogen-bond donors (Lipinski definition) is 1. The Labute approximate surface area is 168 Å². The third kappa shape index (κ3) is 6.22. The molecule has 0 spiro atoms. The molecule has 0 aliphatic carbocycles. The van der Waals surface area contributed by atoms with E-state index in [-0.39, 0.29) is 24.1 Å². The van der Waals surface area contributed by atoms with Gasteiger partial charge in [0, 0.05) is 28.9 Å². The third-order valence-electron chi connectivity index (χ3n) is 4.98. The molecule has 5 nitrogen and oxygen atoms in total. The Bertz CT molecular complexity index is 750. The van der Waals surface area contributed by atoms with Crippen LogP contribution in [0.2, 0.25) is 0 Å². The summed E-state index contributed by atoms with van der Waals surface area (Å²) in [5, 5.41) is 3.57. The minimum atomic E-state index is -3.25. The topological polar surface area (TPSA) is 66.5 Å². The van der Waals surface area contributed by atoms with Crippen LogP contribution >= 0.6 is 11.8 Å². The number of anilines is 1. The fourth-order valence-electron chi connectivity index (χ4n) is 3.20. The number of rotatable bonds is 8. The summed E-state index contributed by atoms with van der Waals surface area (Å²) in [6.45, 7) is 9.04. The molecule has 152 valence electrons. The van der Waals surface area contributed by atoms with Crippen LogP contribution in [0.15, 0.2) is 23.1 Å². The fourth-order valence-corrected chi connectivity index (χ4v) is 5.81. The number of nitrogens with one attached hydrogen (secondary N) is 1. The second-order valence-electron chi connectivity index (χ2n) is 7.32. The van der Waals surface area contributed by atoms with Gasteiger partial charge in [-0.15, -0.1) is 11.8 Å². The molecule has 1 aromatic rings. The highest BCUT2D eigenvalue weighted by atomic mass is 32.2. The fraction of sp³-hybridized carbons (Fsp3) is 0.650. The molecule has 0 saturated carbocycles. The average Bonchev–Trinajstić information content (AvgIpc) is 2.64. The first-order valence-corrected chi connectivity index (χ1v) is 12.3. The quantitative estimate of drug-likeness (QED) is 0.647. The second-order valence-corrected chi connectivity index (χ2v) is 10.9. The van der Waals surface area contributed by atoms with Gasteiger partial charge in [-0.1, -0.05) is 20.8 Å². The molecule has 1 saturated heterocycles. The zero-order valence-corrected chi connectivity index (χ0v) is 18.5. The maximum Gasteiger partial charge on any atom is 0.228 e. The molecule has 1 fully saturated rings. The lowest BCUT2D eigenvalue weighted by atomic mass is 9.98. The number of hydrogen-bond acceptors (Lipinski definition) is 4. The molecular weight excluding hydrogens is 380 g/mol. The first kappa shape index (κ1) is 22.2. The van der Waals surface area contributed by atoms with E-state index in [1.807, 2.05) is 37.7 Å². The highest BCUT2D eigenvalue weighted by molar-refractivity contribution is 7.99. The molecule has 1 aromatic carbocycles. The molecule has 1 heterocycles. The van der Waals surface area contributed by atoms with Crippen LogP contribution in [0.3, 0.4) is 0 Å². The van der Waals surface area contributed by atoms with Crippen LogP contribution in [0.5, 0.6) is 0 Å². The van der Waals surface area contributed by atoms with E-state index in [1.54, 1.807) is 0 Å². The molecule has 1 N–H and O–H groups in total. The number of nitrogens with zero attached hydrogens (tertiary/aromatic N) is 1. The van der Waals surface area contributed by atoms with Gasteiger partial charge >= 0.3 is 0 Å². The van der Waals surface area contributed by atoms with Crippen molar-refractivity contribution in [2.75, 3.05) is 24.2 Å². The van der Waals surface area contributed by atoms with Gasteiger partial charge in [0.05, 0.1) is 11.7 Å². The Balaban J connectivity index is 2.02. The SMILES string of the molecule is CCCS(=O)(=O)N1CCCC(C(=O)Nc2ccc(SC(C)CC)cc2C)C1. The zero-order chi connectivity index (χ0) is 20.0. The summed E-state index contributed by atoms with van der Waals surface area (Å²) in [4.78, 5) is 13.9. The van der Waals surface area contributed by atoms with Gasteiger partial charge in [-0.25, -0.2) is 12.7 Å². The summed E-state index contributed by atoms with van der Waals surface area (Å²) in [5.74, 6) is -0.230. The number of carbonyl (C=O) groups is 1. The zero-order valence-electron chi connectivity index (χ0n) is 16.8. The van der Waals surface area contributed by atoms with Crippen LogP contribution in [0, 0.1) is 12.8 Å². The number of amides is 1. The number of sulfonamides is 1. The molecule has 27 heavy (non-hydrogen) atoms. The molecule has 0 bridgehead atoms. The molecule has 1 aliphatic rings. The van der Waals surface area contributed by atoms with E-state index in [0.29, 0.717) is 18.2 Å². The van der Waals surface area contributed by atoms with Crippen molar-refractivity contribution >= 4 is 33.4 Å². The van der Waals surface area contributed by atoms with Crippen LogP contribution in [0.25, 0.3) is 0 Å². The van der Waals surface area contributed by atoms with Crippen molar-refractivity contribution in [3.63, 3.8) is 0 Å². The van der Waals surface area contributed by atoms with Crippen LogP contribution in [0.4, 0.5) is 5.69 Å². The van der Waals surface area contributed by atoms with Crippen LogP contribution in [-0.4, -0.2) is 42.7 Å². The highest BCUT2D eigenvalue weighted by Crippen LogP contribution is 2.29. The smallest absolute Gasteiger partial charge is 0.228 e. The van der Waals surface area contributed by atoms with E-state index in [0.717, 1.165) is 30.5 Å². The van der Waals surface area contributed by atoms with Crippen LogP contribution < -0.4 is 5.32 Å². The molecule has 1 amide bonds. The van der Waals surface area contributed by atoms with Gasteiger partial charge in [0.25, 0.3) is 0 Å². The lowest BCUT2D eigenvalue weighted by molar-refractivity contribution is -0.120. The van der Waals surface area contributed by atoms with E-state index >= 15 is 0 Å². The summed E-state index contributed by atoms with van der Waals surface area (Å²) in [5.41, 5.74) is 1.84. The molecule has 7 heteroatoms. The largest absolute Gasteiger partial charge is 0.326 e. The lowest BCUT2D eigenvalue weighted by Gasteiger charge is -2.31. The van der Waals surface area contributed by atoms with Crippen molar-refractivity contribution in [3.8, 4) is 0 Å². The Morgan fingerprint density at radius 3 is 2.74 bits per heavy atom. The monoisotopic (exact) mass is 412 g/mol. The first-order valence-electron chi connectivity index (χ1n) is 9.82. The number of aryl methyl sites for hydroxylation is 1. The maximum absolute atomic E-state index is 12.7. The highest BCUT2D eigenvalue weighted by Gasteiger charge is 2.31. The Morgan fingerprint density at radius 2 is 2.11 bits per heavy atom. The Hall–Kier alpha value is -1.05. The van der Waals surface area contributed by atoms with Crippen molar-refractivity contribution in [2.24, 2.45) is 5.92 Å². The van der Waals surface area contributed by atoms with E-state index in [1.165, 1.54) is 9.20 Å². The molecule has 0 aromatic heterocycles. The molecule has 0 radical (unpaired) electrons. The van der Waals surface area contributed by atoms with E-state index in [9.17, 15) is 13.2 Å². The maximum atomic E-state index is 12.7. The normalized spacial score (nSPS) is 19.6. The van der Waals surface area contributed by atoms with E-state index < -0.39 is 10.0 Å².